The molecule has 19 heavy (non-hydrogen) atoms. The first kappa shape index (κ1) is 15.8. The molecule has 1 heterocycles. The first-order valence-electron chi connectivity index (χ1n) is 5.56. The van der Waals surface area contributed by atoms with Crippen molar-refractivity contribution in [1.82, 2.24) is 9.78 Å². The topological polar surface area (TPSA) is 46.9 Å². The monoisotopic (exact) mass is 297 g/mol. The number of rotatable bonds is 3. The van der Waals surface area contributed by atoms with Crippen LogP contribution in [0.1, 0.15) is 20.8 Å². The van der Waals surface area contributed by atoms with Gasteiger partial charge < -0.3 is 5.32 Å². The van der Waals surface area contributed by atoms with Gasteiger partial charge in [0.2, 0.25) is 0 Å². The molecule has 0 fully saturated rings. The van der Waals surface area contributed by atoms with Crippen LogP contribution in [0.5, 0.6) is 0 Å². The van der Waals surface area contributed by atoms with E-state index in [1.54, 1.807) is 0 Å². The maximum Gasteiger partial charge on any atom is 0.408 e. The van der Waals surface area contributed by atoms with Crippen LogP contribution in [-0.4, -0.2) is 22.5 Å². The lowest BCUT2D eigenvalue weighted by molar-refractivity contribution is -0.143. The molecule has 1 aromatic heterocycles. The van der Waals surface area contributed by atoms with E-state index in [4.69, 9.17) is 11.6 Å². The van der Waals surface area contributed by atoms with Crippen LogP contribution in [0.25, 0.3) is 0 Å². The third-order valence-electron chi connectivity index (χ3n) is 2.12. The van der Waals surface area contributed by atoms with Gasteiger partial charge in [-0.1, -0.05) is 32.4 Å². The van der Waals surface area contributed by atoms with E-state index < -0.39 is 18.3 Å². The minimum atomic E-state index is -4.51. The minimum absolute atomic E-state index is 0.0653. The summed E-state index contributed by atoms with van der Waals surface area (Å²) in [4.78, 5) is 11.6. The maximum absolute atomic E-state index is 12.2. The molecule has 0 amide bonds. The molecule has 0 saturated carbocycles. The zero-order valence-electron chi connectivity index (χ0n) is 10.8. The largest absolute Gasteiger partial charge is 0.408 e. The minimum Gasteiger partial charge on any atom is -0.382 e. The van der Waals surface area contributed by atoms with Crippen molar-refractivity contribution in [2.24, 2.45) is 5.41 Å². The Bertz CT molecular complexity index is 505. The molecule has 0 aromatic carbocycles. The summed E-state index contributed by atoms with van der Waals surface area (Å²) < 4.78 is 36.9. The Labute approximate surface area is 113 Å². The Balaban J connectivity index is 2.95. The standard InChI is InChI=1S/C11H15ClF3N3O/c1-10(2,3)5-16-7-4-17-18(6-11(13,14)15)9(19)8(7)12/h4,16H,5-6H2,1-3H3. The van der Waals surface area contributed by atoms with Crippen molar-refractivity contribution in [3.63, 3.8) is 0 Å². The third kappa shape index (κ3) is 5.10. The molecule has 1 aromatic rings. The molecule has 0 aliphatic rings. The van der Waals surface area contributed by atoms with E-state index >= 15 is 0 Å². The molecular weight excluding hydrogens is 283 g/mol. The first-order chi connectivity index (χ1) is 8.49. The van der Waals surface area contributed by atoms with E-state index in [1.165, 1.54) is 0 Å². The molecule has 0 aliphatic carbocycles. The highest BCUT2D eigenvalue weighted by atomic mass is 35.5. The molecule has 8 heteroatoms. The smallest absolute Gasteiger partial charge is 0.382 e. The highest BCUT2D eigenvalue weighted by Gasteiger charge is 2.29. The highest BCUT2D eigenvalue weighted by Crippen LogP contribution is 2.21. The average molecular weight is 298 g/mol. The number of anilines is 1. The van der Waals surface area contributed by atoms with E-state index in [0.717, 1.165) is 6.20 Å². The predicted molar refractivity (Wildman–Crippen MR) is 67.5 cm³/mol. The summed E-state index contributed by atoms with van der Waals surface area (Å²) >= 11 is 5.75. The van der Waals surface area contributed by atoms with Gasteiger partial charge in [-0.3, -0.25) is 4.79 Å². The molecule has 0 unspecified atom stereocenters. The summed E-state index contributed by atoms with van der Waals surface area (Å²) in [6.45, 7) is 4.95. The van der Waals surface area contributed by atoms with Gasteiger partial charge in [-0.25, -0.2) is 4.68 Å². The van der Waals surface area contributed by atoms with Crippen molar-refractivity contribution in [2.75, 3.05) is 11.9 Å². The second-order valence-electron chi connectivity index (χ2n) is 5.36. The van der Waals surface area contributed by atoms with Crippen LogP contribution in [0.4, 0.5) is 18.9 Å². The maximum atomic E-state index is 12.2. The van der Waals surface area contributed by atoms with Crippen LogP contribution in [0.3, 0.4) is 0 Å². The van der Waals surface area contributed by atoms with Crippen LogP contribution < -0.4 is 10.9 Å². The molecule has 108 valence electrons. The number of hydrogen-bond donors (Lipinski definition) is 1. The van der Waals surface area contributed by atoms with Crippen molar-refractivity contribution in [1.29, 1.82) is 0 Å². The predicted octanol–water partition coefficient (Wildman–Crippen LogP) is 2.92. The number of halogens is 4. The summed E-state index contributed by atoms with van der Waals surface area (Å²) in [5.74, 6) is 0. The van der Waals surface area contributed by atoms with Gasteiger partial charge in [0, 0.05) is 6.54 Å². The fourth-order valence-corrected chi connectivity index (χ4v) is 1.44. The van der Waals surface area contributed by atoms with E-state index in [2.05, 4.69) is 10.4 Å². The SMILES string of the molecule is CC(C)(C)CNc1cnn(CC(F)(F)F)c(=O)c1Cl. The lowest BCUT2D eigenvalue weighted by Crippen LogP contribution is -2.31. The van der Waals surface area contributed by atoms with Gasteiger partial charge in [0.25, 0.3) is 5.56 Å². The van der Waals surface area contributed by atoms with Crippen molar-refractivity contribution < 1.29 is 13.2 Å². The Morgan fingerprint density at radius 2 is 1.95 bits per heavy atom. The zero-order valence-corrected chi connectivity index (χ0v) is 11.6. The van der Waals surface area contributed by atoms with E-state index in [1.807, 2.05) is 20.8 Å². The Hall–Kier alpha value is -1.24. The van der Waals surface area contributed by atoms with Crippen molar-refractivity contribution in [3.8, 4) is 0 Å². The Kier molecular flexibility index (Phi) is 4.50. The van der Waals surface area contributed by atoms with Crippen LogP contribution in [0.2, 0.25) is 5.02 Å². The first-order valence-corrected chi connectivity index (χ1v) is 5.94. The Morgan fingerprint density at radius 3 is 2.42 bits per heavy atom. The second kappa shape index (κ2) is 5.40. The molecular formula is C11H15ClF3N3O. The lowest BCUT2D eigenvalue weighted by atomic mass is 9.97. The zero-order chi connectivity index (χ0) is 14.8. The average Bonchev–Trinajstić information content (AvgIpc) is 2.21. The van der Waals surface area contributed by atoms with Crippen molar-refractivity contribution in [2.45, 2.75) is 33.5 Å². The Morgan fingerprint density at radius 1 is 1.37 bits per heavy atom. The van der Waals surface area contributed by atoms with E-state index in [-0.39, 0.29) is 16.1 Å². The van der Waals surface area contributed by atoms with E-state index in [9.17, 15) is 18.0 Å². The molecule has 1 rings (SSSR count). The van der Waals surface area contributed by atoms with Gasteiger partial charge >= 0.3 is 6.18 Å². The lowest BCUT2D eigenvalue weighted by Gasteiger charge is -2.20. The van der Waals surface area contributed by atoms with Crippen LogP contribution in [0.15, 0.2) is 11.0 Å². The highest BCUT2D eigenvalue weighted by molar-refractivity contribution is 6.32. The quantitative estimate of drug-likeness (QED) is 0.933. The summed E-state index contributed by atoms with van der Waals surface area (Å²) in [5.41, 5.74) is -0.789. The number of hydrogen-bond acceptors (Lipinski definition) is 3. The summed E-state index contributed by atoms with van der Waals surface area (Å²) in [6.07, 6.45) is -3.39. The molecule has 4 nitrogen and oxygen atoms in total. The van der Waals surface area contributed by atoms with Gasteiger partial charge in [-0.15, -0.1) is 0 Å². The fourth-order valence-electron chi connectivity index (χ4n) is 1.23. The third-order valence-corrected chi connectivity index (χ3v) is 2.49. The van der Waals surface area contributed by atoms with Gasteiger partial charge in [-0.2, -0.15) is 18.3 Å². The molecule has 0 aliphatic heterocycles. The van der Waals surface area contributed by atoms with Crippen LogP contribution >= 0.6 is 11.6 Å². The number of aromatic nitrogens is 2. The van der Waals surface area contributed by atoms with Gasteiger partial charge in [0.15, 0.2) is 0 Å². The van der Waals surface area contributed by atoms with Gasteiger partial charge in [0.1, 0.15) is 11.6 Å². The molecule has 0 spiro atoms. The number of alkyl halides is 3. The second-order valence-corrected chi connectivity index (χ2v) is 5.74. The normalized spacial score (nSPS) is 12.6. The van der Waals surface area contributed by atoms with Crippen LogP contribution in [-0.2, 0) is 6.54 Å². The van der Waals surface area contributed by atoms with Gasteiger partial charge in [-0.05, 0) is 5.41 Å². The molecule has 0 atom stereocenters. The molecule has 0 radical (unpaired) electrons. The van der Waals surface area contributed by atoms with Crippen molar-refractivity contribution >= 4 is 17.3 Å². The summed E-state index contributed by atoms with van der Waals surface area (Å²) in [7, 11) is 0. The van der Waals surface area contributed by atoms with Gasteiger partial charge in [0.05, 0.1) is 11.9 Å². The van der Waals surface area contributed by atoms with E-state index in [0.29, 0.717) is 11.2 Å². The molecule has 1 N–H and O–H groups in total. The molecule has 0 saturated heterocycles. The number of nitrogens with one attached hydrogen (secondary N) is 1. The summed E-state index contributed by atoms with van der Waals surface area (Å²) in [5, 5.41) is 6.07. The van der Waals surface area contributed by atoms with Crippen molar-refractivity contribution in [3.05, 3.63) is 21.6 Å². The number of nitrogens with zero attached hydrogens (tertiary/aromatic N) is 2. The molecule has 0 bridgehead atoms. The fraction of sp³-hybridized carbons (Fsp3) is 0.636. The van der Waals surface area contributed by atoms with Crippen LogP contribution in [0, 0.1) is 5.41 Å². The summed E-state index contributed by atoms with van der Waals surface area (Å²) in [6, 6.07) is 0.